The van der Waals surface area contributed by atoms with Gasteiger partial charge in [0.05, 0.1) is 0 Å². The molecule has 0 aliphatic rings. The minimum Gasteiger partial charge on any atom is -0.403 e. The van der Waals surface area contributed by atoms with E-state index in [1.54, 1.807) is 23.9 Å². The fourth-order valence-corrected chi connectivity index (χ4v) is 3.40. The van der Waals surface area contributed by atoms with Crippen molar-refractivity contribution in [1.82, 2.24) is 10.2 Å². The molecule has 0 aliphatic heterocycles. The maximum atomic E-state index is 12.4. The Labute approximate surface area is 157 Å². The summed E-state index contributed by atoms with van der Waals surface area (Å²) in [5, 5.41) is 11.1. The summed E-state index contributed by atoms with van der Waals surface area (Å²) in [5.74, 6) is 0.114. The maximum Gasteiger partial charge on any atom is 0.322 e. The van der Waals surface area contributed by atoms with E-state index < -0.39 is 0 Å². The second kappa shape index (κ2) is 7.74. The minimum absolute atomic E-state index is 0.0885. The van der Waals surface area contributed by atoms with Crippen LogP contribution in [0.2, 0.25) is 0 Å². The predicted molar refractivity (Wildman–Crippen MR) is 105 cm³/mol. The molecule has 1 amide bonds. The zero-order chi connectivity index (χ0) is 18.7. The van der Waals surface area contributed by atoms with Crippen molar-refractivity contribution in [3.8, 4) is 11.5 Å². The number of benzene rings is 2. The highest BCUT2D eigenvalue weighted by molar-refractivity contribution is 7.99. The fourth-order valence-electron chi connectivity index (χ4n) is 2.56. The van der Waals surface area contributed by atoms with Gasteiger partial charge in [0.2, 0.25) is 5.89 Å². The molecule has 0 unspecified atom stereocenters. The molecule has 0 saturated heterocycles. The predicted octanol–water partition coefficient (Wildman–Crippen LogP) is 5.11. The first kappa shape index (κ1) is 18.2. The number of hydrogen-bond donors (Lipinski definition) is 1. The van der Waals surface area contributed by atoms with Crippen LogP contribution in [0.5, 0.6) is 0 Å². The quantitative estimate of drug-likeness (QED) is 0.635. The molecule has 2 aromatic carbocycles. The van der Waals surface area contributed by atoms with Crippen LogP contribution in [-0.2, 0) is 0 Å². The lowest BCUT2D eigenvalue weighted by Gasteiger charge is -2.06. The van der Waals surface area contributed by atoms with Crippen LogP contribution in [0.1, 0.15) is 35.3 Å². The van der Waals surface area contributed by atoms with Crippen molar-refractivity contribution in [2.45, 2.75) is 37.8 Å². The Morgan fingerprint density at radius 2 is 1.81 bits per heavy atom. The number of anilines is 1. The SMILES string of the molecule is Cc1ccc(-c2nnc(NC(=O)c3ccc(SC(C)C)cc3)o2)c(C)c1. The zero-order valence-corrected chi connectivity index (χ0v) is 16.1. The summed E-state index contributed by atoms with van der Waals surface area (Å²) in [6.45, 7) is 8.28. The van der Waals surface area contributed by atoms with Crippen molar-refractivity contribution >= 4 is 23.7 Å². The molecule has 6 heteroatoms. The van der Waals surface area contributed by atoms with E-state index in [4.69, 9.17) is 4.42 Å². The highest BCUT2D eigenvalue weighted by atomic mass is 32.2. The maximum absolute atomic E-state index is 12.4. The standard InChI is InChI=1S/C20H21N3O2S/c1-12(2)26-16-8-6-15(7-9-16)18(24)21-20-23-22-19(25-20)17-10-5-13(3)11-14(17)4/h5-12H,1-4H3,(H,21,23,24). The third-order valence-electron chi connectivity index (χ3n) is 3.75. The third-order valence-corrected chi connectivity index (χ3v) is 4.76. The third kappa shape index (κ3) is 4.32. The van der Waals surface area contributed by atoms with Crippen LogP contribution >= 0.6 is 11.8 Å². The molecule has 1 N–H and O–H groups in total. The number of aryl methyl sites for hydroxylation is 2. The van der Waals surface area contributed by atoms with Gasteiger partial charge in [-0.05, 0) is 49.7 Å². The number of rotatable bonds is 5. The lowest BCUT2D eigenvalue weighted by molar-refractivity contribution is 0.102. The molecule has 0 saturated carbocycles. The number of carbonyl (C=O) groups is 1. The van der Waals surface area contributed by atoms with Crippen LogP contribution in [0, 0.1) is 13.8 Å². The van der Waals surface area contributed by atoms with Crippen LogP contribution in [-0.4, -0.2) is 21.4 Å². The van der Waals surface area contributed by atoms with Gasteiger partial charge in [0.1, 0.15) is 0 Å². The Hall–Kier alpha value is -2.60. The van der Waals surface area contributed by atoms with Gasteiger partial charge in [-0.1, -0.05) is 36.6 Å². The van der Waals surface area contributed by atoms with Gasteiger partial charge in [0.15, 0.2) is 0 Å². The summed E-state index contributed by atoms with van der Waals surface area (Å²) in [5.41, 5.74) is 3.62. The van der Waals surface area contributed by atoms with Crippen molar-refractivity contribution in [1.29, 1.82) is 0 Å². The van der Waals surface area contributed by atoms with Crippen molar-refractivity contribution in [2.75, 3.05) is 5.32 Å². The molecule has 1 aromatic heterocycles. The second-order valence-corrected chi connectivity index (χ2v) is 8.03. The summed E-state index contributed by atoms with van der Waals surface area (Å²) < 4.78 is 5.60. The Morgan fingerprint density at radius 1 is 1.08 bits per heavy atom. The fraction of sp³-hybridized carbons (Fsp3) is 0.250. The van der Waals surface area contributed by atoms with Crippen molar-refractivity contribution in [3.63, 3.8) is 0 Å². The number of hydrogen-bond acceptors (Lipinski definition) is 5. The number of amides is 1. The van der Waals surface area contributed by atoms with Crippen LogP contribution in [0.4, 0.5) is 6.01 Å². The molecule has 3 aromatic rings. The van der Waals surface area contributed by atoms with E-state index in [1.807, 2.05) is 38.1 Å². The zero-order valence-electron chi connectivity index (χ0n) is 15.2. The van der Waals surface area contributed by atoms with Crippen LogP contribution in [0.3, 0.4) is 0 Å². The van der Waals surface area contributed by atoms with E-state index in [0.717, 1.165) is 16.0 Å². The highest BCUT2D eigenvalue weighted by Gasteiger charge is 2.14. The van der Waals surface area contributed by atoms with E-state index in [1.165, 1.54) is 5.56 Å². The number of thioether (sulfide) groups is 1. The molecule has 134 valence electrons. The molecule has 1 heterocycles. The molecule has 0 fully saturated rings. The largest absolute Gasteiger partial charge is 0.403 e. The summed E-state index contributed by atoms with van der Waals surface area (Å²) in [4.78, 5) is 13.5. The first-order valence-corrected chi connectivity index (χ1v) is 9.29. The van der Waals surface area contributed by atoms with Gasteiger partial charge in [-0.25, -0.2) is 0 Å². The van der Waals surface area contributed by atoms with E-state index in [0.29, 0.717) is 16.7 Å². The van der Waals surface area contributed by atoms with E-state index in [2.05, 4.69) is 35.4 Å². The smallest absolute Gasteiger partial charge is 0.322 e. The minimum atomic E-state index is -0.276. The van der Waals surface area contributed by atoms with E-state index in [9.17, 15) is 4.79 Å². The molecular weight excluding hydrogens is 346 g/mol. The van der Waals surface area contributed by atoms with Crippen LogP contribution < -0.4 is 5.32 Å². The van der Waals surface area contributed by atoms with Gasteiger partial charge < -0.3 is 4.42 Å². The molecule has 0 spiro atoms. The molecule has 3 rings (SSSR count). The summed E-state index contributed by atoms with van der Waals surface area (Å²) >= 11 is 1.75. The summed E-state index contributed by atoms with van der Waals surface area (Å²) in [6.07, 6.45) is 0. The molecule has 0 aliphatic carbocycles. The van der Waals surface area contributed by atoms with E-state index in [-0.39, 0.29) is 11.9 Å². The molecule has 0 bridgehead atoms. The van der Waals surface area contributed by atoms with Crippen molar-refractivity contribution < 1.29 is 9.21 Å². The monoisotopic (exact) mass is 367 g/mol. The Kier molecular flexibility index (Phi) is 5.42. The van der Waals surface area contributed by atoms with Gasteiger partial charge in [0, 0.05) is 21.3 Å². The lowest BCUT2D eigenvalue weighted by atomic mass is 10.1. The number of nitrogens with one attached hydrogen (secondary N) is 1. The highest BCUT2D eigenvalue weighted by Crippen LogP contribution is 2.25. The van der Waals surface area contributed by atoms with Crippen LogP contribution in [0.25, 0.3) is 11.5 Å². The lowest BCUT2D eigenvalue weighted by Crippen LogP contribution is -2.11. The molecule has 0 atom stereocenters. The van der Waals surface area contributed by atoms with Crippen molar-refractivity contribution in [2.24, 2.45) is 0 Å². The normalized spacial score (nSPS) is 11.0. The summed E-state index contributed by atoms with van der Waals surface area (Å²) in [7, 11) is 0. The van der Waals surface area contributed by atoms with E-state index >= 15 is 0 Å². The van der Waals surface area contributed by atoms with Crippen LogP contribution in [0.15, 0.2) is 51.8 Å². The average Bonchev–Trinajstić information content (AvgIpc) is 3.03. The van der Waals surface area contributed by atoms with Gasteiger partial charge in [-0.3, -0.25) is 10.1 Å². The van der Waals surface area contributed by atoms with Gasteiger partial charge in [0.25, 0.3) is 5.91 Å². The first-order chi connectivity index (χ1) is 12.4. The molecule has 5 nitrogen and oxygen atoms in total. The summed E-state index contributed by atoms with van der Waals surface area (Å²) in [6, 6.07) is 13.5. The van der Waals surface area contributed by atoms with Gasteiger partial charge in [-0.15, -0.1) is 16.9 Å². The average molecular weight is 367 g/mol. The van der Waals surface area contributed by atoms with Crippen molar-refractivity contribution in [3.05, 3.63) is 59.2 Å². The Bertz CT molecular complexity index is 917. The Balaban J connectivity index is 1.71. The Morgan fingerprint density at radius 3 is 2.46 bits per heavy atom. The van der Waals surface area contributed by atoms with Gasteiger partial charge in [-0.2, -0.15) is 0 Å². The first-order valence-electron chi connectivity index (χ1n) is 8.41. The number of aromatic nitrogens is 2. The second-order valence-electron chi connectivity index (χ2n) is 6.38. The molecule has 0 radical (unpaired) electrons. The molecule has 26 heavy (non-hydrogen) atoms. The number of nitrogens with zero attached hydrogens (tertiary/aromatic N) is 2. The van der Waals surface area contributed by atoms with Gasteiger partial charge >= 0.3 is 6.01 Å². The molecular formula is C20H21N3O2S. The number of carbonyl (C=O) groups excluding carboxylic acids is 1. The topological polar surface area (TPSA) is 68.0 Å².